The van der Waals surface area contributed by atoms with Crippen LogP contribution in [0.5, 0.6) is 17.6 Å². The summed E-state index contributed by atoms with van der Waals surface area (Å²) in [7, 11) is 1.47. The van der Waals surface area contributed by atoms with E-state index in [1.54, 1.807) is 30.3 Å². The van der Waals surface area contributed by atoms with Gasteiger partial charge in [0.2, 0.25) is 5.88 Å². The molecule has 1 aromatic heterocycles. The van der Waals surface area contributed by atoms with Crippen molar-refractivity contribution in [1.82, 2.24) is 9.97 Å². The van der Waals surface area contributed by atoms with Gasteiger partial charge in [0.25, 0.3) is 0 Å². The van der Waals surface area contributed by atoms with Gasteiger partial charge in [-0.25, -0.2) is 9.78 Å². The van der Waals surface area contributed by atoms with E-state index in [1.165, 1.54) is 25.4 Å². The maximum absolute atomic E-state index is 13.0. The van der Waals surface area contributed by atoms with Crippen molar-refractivity contribution in [2.45, 2.75) is 6.18 Å². The molecule has 0 unspecified atom stereocenters. The minimum absolute atomic E-state index is 0.00171. The smallest absolute Gasteiger partial charge is 0.417 e. The molecule has 30 heavy (non-hydrogen) atoms. The van der Waals surface area contributed by atoms with E-state index < -0.39 is 17.8 Å². The molecule has 0 spiro atoms. The van der Waals surface area contributed by atoms with Crippen LogP contribution in [0, 0.1) is 0 Å². The highest BCUT2D eigenvalue weighted by molar-refractivity contribution is 9.10. The molecular formula is C19H14BrF3N4O3. The first-order valence-corrected chi connectivity index (χ1v) is 9.13. The number of aromatic nitrogens is 2. The van der Waals surface area contributed by atoms with Gasteiger partial charge in [-0.05, 0) is 42.5 Å². The van der Waals surface area contributed by atoms with Gasteiger partial charge in [-0.3, -0.25) is 0 Å². The van der Waals surface area contributed by atoms with Crippen LogP contribution in [-0.2, 0) is 6.18 Å². The number of hydrogen-bond acceptors (Lipinski definition) is 5. The lowest BCUT2D eigenvalue weighted by Crippen LogP contribution is -2.19. The molecule has 1 heterocycles. The van der Waals surface area contributed by atoms with Gasteiger partial charge in [-0.15, -0.1) is 0 Å². The summed E-state index contributed by atoms with van der Waals surface area (Å²) in [5, 5.41) is 4.88. The second kappa shape index (κ2) is 8.99. The molecule has 0 saturated carbocycles. The van der Waals surface area contributed by atoms with Gasteiger partial charge >= 0.3 is 18.2 Å². The number of methoxy groups -OCH3 is 1. The number of benzene rings is 2. The number of anilines is 2. The predicted molar refractivity (Wildman–Crippen MR) is 107 cm³/mol. The average Bonchev–Trinajstić information content (AvgIpc) is 2.70. The van der Waals surface area contributed by atoms with Crippen LogP contribution in [0.2, 0.25) is 0 Å². The van der Waals surface area contributed by atoms with Gasteiger partial charge < -0.3 is 20.1 Å². The number of ether oxygens (including phenoxy) is 2. The Morgan fingerprint density at radius 1 is 1.03 bits per heavy atom. The lowest BCUT2D eigenvalue weighted by atomic mass is 10.2. The van der Waals surface area contributed by atoms with E-state index in [0.29, 0.717) is 17.3 Å². The Balaban J connectivity index is 1.62. The number of urea groups is 1. The van der Waals surface area contributed by atoms with Crippen molar-refractivity contribution in [2.24, 2.45) is 0 Å². The van der Waals surface area contributed by atoms with Gasteiger partial charge in [0, 0.05) is 28.1 Å². The predicted octanol–water partition coefficient (Wildman–Crippen LogP) is 5.70. The maximum Gasteiger partial charge on any atom is 0.417 e. The van der Waals surface area contributed by atoms with Crippen molar-refractivity contribution >= 4 is 33.3 Å². The Morgan fingerprint density at radius 3 is 2.37 bits per heavy atom. The number of nitrogens with zero attached hydrogens (tertiary/aromatic N) is 2. The molecule has 0 aliphatic heterocycles. The molecule has 3 rings (SSSR count). The molecule has 2 N–H and O–H groups in total. The van der Waals surface area contributed by atoms with Gasteiger partial charge in [-0.2, -0.15) is 18.2 Å². The summed E-state index contributed by atoms with van der Waals surface area (Å²) in [6, 6.07) is 10.6. The summed E-state index contributed by atoms with van der Waals surface area (Å²) >= 11 is 2.85. The molecule has 0 bridgehead atoms. The zero-order valence-corrected chi connectivity index (χ0v) is 16.9. The number of carbonyl (C=O) groups is 1. The number of halogens is 4. The summed E-state index contributed by atoms with van der Waals surface area (Å²) < 4.78 is 49.3. The van der Waals surface area contributed by atoms with Crippen LogP contribution in [0.25, 0.3) is 0 Å². The Hall–Kier alpha value is -3.34. The summed E-state index contributed by atoms with van der Waals surface area (Å²) in [6.07, 6.45) is -3.07. The number of alkyl halides is 3. The van der Waals surface area contributed by atoms with Crippen molar-refractivity contribution in [3.8, 4) is 17.6 Å². The minimum atomic E-state index is -4.55. The molecule has 0 aliphatic rings. The fourth-order valence-electron chi connectivity index (χ4n) is 2.31. The van der Waals surface area contributed by atoms with E-state index in [9.17, 15) is 18.0 Å². The highest BCUT2D eigenvalue weighted by atomic mass is 79.9. The Morgan fingerprint density at radius 2 is 1.70 bits per heavy atom. The fraction of sp³-hybridized carbons (Fsp3) is 0.105. The van der Waals surface area contributed by atoms with E-state index in [2.05, 4.69) is 36.5 Å². The molecule has 2 aromatic carbocycles. The van der Waals surface area contributed by atoms with Crippen LogP contribution in [0.3, 0.4) is 0 Å². The van der Waals surface area contributed by atoms with Crippen molar-refractivity contribution in [1.29, 1.82) is 0 Å². The molecule has 3 aromatic rings. The van der Waals surface area contributed by atoms with Crippen molar-refractivity contribution in [3.63, 3.8) is 0 Å². The summed E-state index contributed by atoms with van der Waals surface area (Å²) in [6.45, 7) is 0. The van der Waals surface area contributed by atoms with E-state index in [-0.39, 0.29) is 16.2 Å². The summed E-state index contributed by atoms with van der Waals surface area (Å²) in [5.41, 5.74) is -0.487. The normalized spacial score (nSPS) is 11.0. The summed E-state index contributed by atoms with van der Waals surface area (Å²) in [4.78, 5) is 20.1. The monoisotopic (exact) mass is 482 g/mol. The first-order chi connectivity index (χ1) is 14.2. The molecule has 0 saturated heterocycles. The second-order valence-corrected chi connectivity index (χ2v) is 6.63. The number of amides is 2. The molecule has 11 heteroatoms. The molecule has 0 atom stereocenters. The quantitative estimate of drug-likeness (QED) is 0.486. The van der Waals surface area contributed by atoms with Crippen LogP contribution >= 0.6 is 15.9 Å². The van der Waals surface area contributed by atoms with Gasteiger partial charge in [0.05, 0.1) is 12.7 Å². The third kappa shape index (κ3) is 5.60. The van der Waals surface area contributed by atoms with Crippen molar-refractivity contribution < 1.29 is 27.4 Å². The number of carbonyl (C=O) groups excluding carboxylic acids is 1. The molecule has 156 valence electrons. The molecule has 0 fully saturated rings. The lowest BCUT2D eigenvalue weighted by molar-refractivity contribution is -0.138. The Labute approximate surface area is 177 Å². The third-order valence-electron chi connectivity index (χ3n) is 3.67. The van der Waals surface area contributed by atoms with E-state index in [1.807, 2.05) is 0 Å². The fourth-order valence-corrected chi connectivity index (χ4v) is 2.78. The van der Waals surface area contributed by atoms with E-state index in [4.69, 9.17) is 9.47 Å². The molecule has 7 nitrogen and oxygen atoms in total. The first kappa shape index (κ1) is 21.4. The number of hydrogen-bond donors (Lipinski definition) is 2. The van der Waals surface area contributed by atoms with Crippen LogP contribution < -0.4 is 20.1 Å². The standard InChI is InChI=1S/C19H14BrF3N4O3/c1-29-16-8-9-24-18(27-16)30-13-5-2-11(3-6-13)25-17(28)26-12-4-7-15(20)14(10-12)19(21,22)23/h2-10H,1H3,(H2,25,26,28). The second-order valence-electron chi connectivity index (χ2n) is 5.78. The topological polar surface area (TPSA) is 85.4 Å². The van der Waals surface area contributed by atoms with Crippen molar-refractivity contribution in [3.05, 3.63) is 64.8 Å². The third-order valence-corrected chi connectivity index (χ3v) is 4.36. The maximum atomic E-state index is 13.0. The van der Waals surface area contributed by atoms with Crippen LogP contribution in [-0.4, -0.2) is 23.1 Å². The Bertz CT molecular complexity index is 1050. The minimum Gasteiger partial charge on any atom is -0.481 e. The zero-order valence-electron chi connectivity index (χ0n) is 15.3. The largest absolute Gasteiger partial charge is 0.481 e. The first-order valence-electron chi connectivity index (χ1n) is 8.34. The number of nitrogens with one attached hydrogen (secondary N) is 2. The average molecular weight is 483 g/mol. The highest BCUT2D eigenvalue weighted by Crippen LogP contribution is 2.36. The lowest BCUT2D eigenvalue weighted by Gasteiger charge is -2.12. The number of rotatable bonds is 5. The van der Waals surface area contributed by atoms with Crippen LogP contribution in [0.1, 0.15) is 5.56 Å². The van der Waals surface area contributed by atoms with Gasteiger partial charge in [0.1, 0.15) is 5.75 Å². The molecule has 0 radical (unpaired) electrons. The summed E-state index contributed by atoms with van der Waals surface area (Å²) in [5.74, 6) is 0.758. The molecule has 0 aliphatic carbocycles. The SMILES string of the molecule is COc1ccnc(Oc2ccc(NC(=O)Nc3ccc(Br)c(C(F)(F)F)c3)cc2)n1. The van der Waals surface area contributed by atoms with E-state index >= 15 is 0 Å². The van der Waals surface area contributed by atoms with Crippen molar-refractivity contribution in [2.75, 3.05) is 17.7 Å². The van der Waals surface area contributed by atoms with Gasteiger partial charge in [-0.1, -0.05) is 15.9 Å². The zero-order chi connectivity index (χ0) is 21.7. The van der Waals surface area contributed by atoms with E-state index in [0.717, 1.165) is 6.07 Å². The highest BCUT2D eigenvalue weighted by Gasteiger charge is 2.33. The Kier molecular flexibility index (Phi) is 6.40. The van der Waals surface area contributed by atoms with Gasteiger partial charge in [0.15, 0.2) is 0 Å². The van der Waals surface area contributed by atoms with Crippen LogP contribution in [0.4, 0.5) is 29.3 Å². The van der Waals surface area contributed by atoms with Crippen LogP contribution in [0.15, 0.2) is 59.2 Å². The molecule has 2 amide bonds. The molecular weight excluding hydrogens is 469 g/mol.